The molecule has 4 heteroatoms. The lowest BCUT2D eigenvalue weighted by atomic mass is 10.1. The van der Waals surface area contributed by atoms with E-state index in [1.54, 1.807) is 18.2 Å². The smallest absolute Gasteiger partial charge is 0.162 e. The minimum Gasteiger partial charge on any atom is -0.374 e. The standard InChI is InChI=1S/C11H12Cl2O2/c1-2-15-7-9(14)5-8-3-4-10(12)11(13)6-8/h3-4,6H,2,5,7H2,1H3. The summed E-state index contributed by atoms with van der Waals surface area (Å²) in [5.74, 6) is 0.0373. The van der Waals surface area contributed by atoms with Gasteiger partial charge in [-0.15, -0.1) is 0 Å². The predicted molar refractivity (Wildman–Crippen MR) is 61.7 cm³/mol. The maximum Gasteiger partial charge on any atom is 0.162 e. The Labute approximate surface area is 99.1 Å². The number of carbonyl (C=O) groups is 1. The van der Waals surface area contributed by atoms with Crippen LogP contribution in [0.4, 0.5) is 0 Å². The summed E-state index contributed by atoms with van der Waals surface area (Å²) < 4.78 is 5.01. The SMILES string of the molecule is CCOCC(=O)Cc1ccc(Cl)c(Cl)c1. The van der Waals surface area contributed by atoms with Crippen molar-refractivity contribution in [2.24, 2.45) is 0 Å². The molecule has 1 rings (SSSR count). The fraction of sp³-hybridized carbons (Fsp3) is 0.364. The van der Waals surface area contributed by atoms with Crippen molar-refractivity contribution in [3.8, 4) is 0 Å². The molecule has 0 aliphatic rings. The number of carbonyl (C=O) groups excluding carboxylic acids is 1. The van der Waals surface area contributed by atoms with Gasteiger partial charge in [-0.1, -0.05) is 29.3 Å². The molecule has 1 aromatic rings. The number of rotatable bonds is 5. The van der Waals surface area contributed by atoms with Crippen LogP contribution >= 0.6 is 23.2 Å². The van der Waals surface area contributed by atoms with E-state index in [1.807, 2.05) is 6.92 Å². The summed E-state index contributed by atoms with van der Waals surface area (Å²) >= 11 is 11.6. The second-order valence-corrected chi connectivity index (χ2v) is 3.92. The molecule has 0 aliphatic heterocycles. The Kier molecular flexibility index (Phi) is 5.09. The van der Waals surface area contributed by atoms with E-state index < -0.39 is 0 Å². The summed E-state index contributed by atoms with van der Waals surface area (Å²) in [5, 5.41) is 0.969. The van der Waals surface area contributed by atoms with E-state index in [9.17, 15) is 4.79 Å². The van der Waals surface area contributed by atoms with Crippen LogP contribution in [-0.2, 0) is 16.0 Å². The van der Waals surface area contributed by atoms with Gasteiger partial charge in [0.2, 0.25) is 0 Å². The molecular formula is C11H12Cl2O2. The summed E-state index contributed by atoms with van der Waals surface area (Å²) in [5.41, 5.74) is 0.856. The van der Waals surface area contributed by atoms with Crippen LogP contribution in [0, 0.1) is 0 Å². The van der Waals surface area contributed by atoms with Crippen LogP contribution in [-0.4, -0.2) is 19.0 Å². The van der Waals surface area contributed by atoms with E-state index >= 15 is 0 Å². The van der Waals surface area contributed by atoms with Crippen molar-refractivity contribution in [2.75, 3.05) is 13.2 Å². The van der Waals surface area contributed by atoms with Crippen LogP contribution in [0.25, 0.3) is 0 Å². The van der Waals surface area contributed by atoms with Crippen molar-refractivity contribution in [1.82, 2.24) is 0 Å². The fourth-order valence-corrected chi connectivity index (χ4v) is 1.46. The van der Waals surface area contributed by atoms with Crippen LogP contribution in [0.3, 0.4) is 0 Å². The van der Waals surface area contributed by atoms with E-state index in [2.05, 4.69) is 0 Å². The van der Waals surface area contributed by atoms with Crippen molar-refractivity contribution in [3.05, 3.63) is 33.8 Å². The average Bonchev–Trinajstić information content (AvgIpc) is 2.20. The molecule has 0 saturated carbocycles. The maximum absolute atomic E-state index is 11.4. The Morgan fingerprint density at radius 1 is 1.33 bits per heavy atom. The number of halogens is 2. The van der Waals surface area contributed by atoms with Crippen LogP contribution in [0.1, 0.15) is 12.5 Å². The number of ketones is 1. The zero-order valence-electron chi connectivity index (χ0n) is 8.43. The average molecular weight is 247 g/mol. The van der Waals surface area contributed by atoms with E-state index in [4.69, 9.17) is 27.9 Å². The molecular weight excluding hydrogens is 235 g/mol. The molecule has 0 heterocycles. The summed E-state index contributed by atoms with van der Waals surface area (Å²) in [6, 6.07) is 5.18. The molecule has 15 heavy (non-hydrogen) atoms. The second kappa shape index (κ2) is 6.11. The molecule has 0 atom stereocenters. The summed E-state index contributed by atoms with van der Waals surface area (Å²) in [6.45, 7) is 2.55. The van der Waals surface area contributed by atoms with Gasteiger partial charge in [-0.3, -0.25) is 4.79 Å². The van der Waals surface area contributed by atoms with Gasteiger partial charge in [-0.05, 0) is 24.6 Å². The molecule has 0 aliphatic carbocycles. The number of hydrogen-bond acceptors (Lipinski definition) is 2. The molecule has 0 fully saturated rings. The quantitative estimate of drug-likeness (QED) is 0.798. The lowest BCUT2D eigenvalue weighted by Gasteiger charge is -2.03. The Hall–Kier alpha value is -0.570. The highest BCUT2D eigenvalue weighted by atomic mass is 35.5. The molecule has 2 nitrogen and oxygen atoms in total. The first-order valence-corrected chi connectivity index (χ1v) is 5.42. The Morgan fingerprint density at radius 3 is 2.67 bits per heavy atom. The van der Waals surface area contributed by atoms with Gasteiger partial charge in [0.25, 0.3) is 0 Å². The third kappa shape index (κ3) is 4.20. The first-order chi connectivity index (χ1) is 7.13. The van der Waals surface area contributed by atoms with Gasteiger partial charge in [0.1, 0.15) is 6.61 Å². The molecule has 1 aromatic carbocycles. The highest BCUT2D eigenvalue weighted by Gasteiger charge is 2.05. The first kappa shape index (κ1) is 12.5. The van der Waals surface area contributed by atoms with Crippen molar-refractivity contribution in [3.63, 3.8) is 0 Å². The zero-order valence-corrected chi connectivity index (χ0v) is 9.94. The molecule has 0 N–H and O–H groups in total. The van der Waals surface area contributed by atoms with E-state index in [1.165, 1.54) is 0 Å². The van der Waals surface area contributed by atoms with Gasteiger partial charge in [-0.2, -0.15) is 0 Å². The number of Topliss-reactive ketones (excluding diaryl/α,β-unsaturated/α-hetero) is 1. The van der Waals surface area contributed by atoms with Gasteiger partial charge >= 0.3 is 0 Å². The number of benzene rings is 1. The molecule has 0 bridgehead atoms. The third-order valence-corrected chi connectivity index (χ3v) is 2.59. The molecule has 0 aromatic heterocycles. The molecule has 0 amide bonds. The van der Waals surface area contributed by atoms with Gasteiger partial charge < -0.3 is 4.74 Å². The maximum atomic E-state index is 11.4. The Morgan fingerprint density at radius 2 is 2.07 bits per heavy atom. The van der Waals surface area contributed by atoms with E-state index in [0.717, 1.165) is 5.56 Å². The first-order valence-electron chi connectivity index (χ1n) is 4.67. The van der Waals surface area contributed by atoms with E-state index in [0.29, 0.717) is 23.1 Å². The summed E-state index contributed by atoms with van der Waals surface area (Å²) in [4.78, 5) is 11.4. The lowest BCUT2D eigenvalue weighted by Crippen LogP contribution is -2.11. The second-order valence-electron chi connectivity index (χ2n) is 3.10. The highest BCUT2D eigenvalue weighted by Crippen LogP contribution is 2.22. The van der Waals surface area contributed by atoms with Crippen LogP contribution in [0.15, 0.2) is 18.2 Å². The van der Waals surface area contributed by atoms with Crippen molar-refractivity contribution >= 4 is 29.0 Å². The normalized spacial score (nSPS) is 10.3. The van der Waals surface area contributed by atoms with Crippen LogP contribution in [0.2, 0.25) is 10.0 Å². The highest BCUT2D eigenvalue weighted by molar-refractivity contribution is 6.42. The summed E-state index contributed by atoms with van der Waals surface area (Å²) in [6.07, 6.45) is 0.330. The molecule has 82 valence electrons. The van der Waals surface area contributed by atoms with E-state index in [-0.39, 0.29) is 12.4 Å². The van der Waals surface area contributed by atoms with Gasteiger partial charge in [0, 0.05) is 13.0 Å². The lowest BCUT2D eigenvalue weighted by molar-refractivity contribution is -0.122. The minimum absolute atomic E-state index is 0.0373. The van der Waals surface area contributed by atoms with Crippen molar-refractivity contribution in [1.29, 1.82) is 0 Å². The molecule has 0 spiro atoms. The monoisotopic (exact) mass is 246 g/mol. The molecule has 0 unspecified atom stereocenters. The van der Waals surface area contributed by atoms with Crippen molar-refractivity contribution in [2.45, 2.75) is 13.3 Å². The van der Waals surface area contributed by atoms with Gasteiger partial charge in [-0.25, -0.2) is 0 Å². The molecule has 0 radical (unpaired) electrons. The van der Waals surface area contributed by atoms with Crippen LogP contribution in [0.5, 0.6) is 0 Å². The fourth-order valence-electron chi connectivity index (χ4n) is 1.14. The zero-order chi connectivity index (χ0) is 11.3. The predicted octanol–water partition coefficient (Wildman–Crippen LogP) is 3.14. The largest absolute Gasteiger partial charge is 0.374 e. The molecule has 0 saturated heterocycles. The van der Waals surface area contributed by atoms with Crippen LogP contribution < -0.4 is 0 Å². The Balaban J connectivity index is 2.57. The number of hydrogen-bond donors (Lipinski definition) is 0. The third-order valence-electron chi connectivity index (χ3n) is 1.85. The topological polar surface area (TPSA) is 26.3 Å². The van der Waals surface area contributed by atoms with Crippen molar-refractivity contribution < 1.29 is 9.53 Å². The minimum atomic E-state index is 0.0373. The summed E-state index contributed by atoms with van der Waals surface area (Å²) in [7, 11) is 0. The number of ether oxygens (including phenoxy) is 1. The Bertz CT molecular complexity index is 350. The van der Waals surface area contributed by atoms with Gasteiger partial charge in [0.15, 0.2) is 5.78 Å². The van der Waals surface area contributed by atoms with Gasteiger partial charge in [0.05, 0.1) is 10.0 Å².